The molecule has 2 nitrogen and oxygen atoms in total. The number of phenols is 2. The molecule has 0 saturated carbocycles. The normalized spacial score (nSPS) is 12.6. The SMILES string of the molecule is Cc1cc(C(C)c2ccc(O)c3ccccc23)c2ccccc2c1O. The van der Waals surface area contributed by atoms with Gasteiger partial charge in [-0.1, -0.05) is 67.6 Å². The topological polar surface area (TPSA) is 40.5 Å². The van der Waals surface area contributed by atoms with Gasteiger partial charge < -0.3 is 10.2 Å². The predicted octanol–water partition coefficient (Wildman–Crippen LogP) is 5.86. The smallest absolute Gasteiger partial charge is 0.126 e. The Labute approximate surface area is 147 Å². The van der Waals surface area contributed by atoms with Gasteiger partial charge in [0.25, 0.3) is 0 Å². The van der Waals surface area contributed by atoms with Crippen LogP contribution in [-0.2, 0) is 0 Å². The summed E-state index contributed by atoms with van der Waals surface area (Å²) >= 11 is 0. The van der Waals surface area contributed by atoms with Crippen LogP contribution in [0.3, 0.4) is 0 Å². The first-order chi connectivity index (χ1) is 12.1. The number of hydrogen-bond donors (Lipinski definition) is 2. The quantitative estimate of drug-likeness (QED) is 0.483. The van der Waals surface area contributed by atoms with E-state index in [4.69, 9.17) is 0 Å². The summed E-state index contributed by atoms with van der Waals surface area (Å²) in [7, 11) is 0. The zero-order valence-corrected chi connectivity index (χ0v) is 14.3. The van der Waals surface area contributed by atoms with Crippen LogP contribution in [0, 0.1) is 6.92 Å². The van der Waals surface area contributed by atoms with Crippen LogP contribution in [0.4, 0.5) is 0 Å². The Balaban J connectivity index is 2.00. The molecule has 0 spiro atoms. The lowest BCUT2D eigenvalue weighted by Crippen LogP contribution is -1.99. The fourth-order valence-electron chi connectivity index (χ4n) is 3.74. The minimum atomic E-state index is 0.134. The standard InChI is InChI=1S/C23H20O2/c1-14-13-21(18-8-4-6-10-20(18)23(14)25)15(2)16-11-12-22(24)19-9-5-3-7-17(16)19/h3-13,15,24-25H,1-2H3. The zero-order valence-electron chi connectivity index (χ0n) is 14.3. The molecule has 0 radical (unpaired) electrons. The maximum atomic E-state index is 10.4. The van der Waals surface area contributed by atoms with Crippen LogP contribution >= 0.6 is 0 Å². The van der Waals surface area contributed by atoms with E-state index in [1.54, 1.807) is 6.07 Å². The molecule has 0 aliphatic heterocycles. The molecule has 1 atom stereocenters. The fraction of sp³-hybridized carbons (Fsp3) is 0.130. The number of rotatable bonds is 2. The molecule has 0 saturated heterocycles. The maximum Gasteiger partial charge on any atom is 0.126 e. The molecule has 25 heavy (non-hydrogen) atoms. The Kier molecular flexibility index (Phi) is 3.61. The third-order valence-corrected chi connectivity index (χ3v) is 5.11. The minimum absolute atomic E-state index is 0.134. The molecule has 0 heterocycles. The van der Waals surface area contributed by atoms with Gasteiger partial charge >= 0.3 is 0 Å². The molecule has 1 unspecified atom stereocenters. The van der Waals surface area contributed by atoms with E-state index in [1.807, 2.05) is 49.4 Å². The zero-order chi connectivity index (χ0) is 17.6. The van der Waals surface area contributed by atoms with Crippen molar-refractivity contribution in [1.29, 1.82) is 0 Å². The van der Waals surface area contributed by atoms with Crippen LogP contribution in [0.2, 0.25) is 0 Å². The molecule has 2 N–H and O–H groups in total. The van der Waals surface area contributed by atoms with E-state index in [1.165, 1.54) is 11.1 Å². The lowest BCUT2D eigenvalue weighted by molar-refractivity contribution is 0.477. The molecular weight excluding hydrogens is 308 g/mol. The summed E-state index contributed by atoms with van der Waals surface area (Å²) in [6, 6.07) is 21.7. The molecule has 0 aromatic heterocycles. The van der Waals surface area contributed by atoms with Gasteiger partial charge in [-0.15, -0.1) is 0 Å². The summed E-state index contributed by atoms with van der Waals surface area (Å²) in [6.07, 6.45) is 0. The maximum absolute atomic E-state index is 10.4. The van der Waals surface area contributed by atoms with Crippen LogP contribution in [-0.4, -0.2) is 10.2 Å². The summed E-state index contributed by atoms with van der Waals surface area (Å²) in [5, 5.41) is 24.5. The highest BCUT2D eigenvalue weighted by Crippen LogP contribution is 2.40. The van der Waals surface area contributed by atoms with Crippen molar-refractivity contribution < 1.29 is 10.2 Å². The molecule has 0 amide bonds. The summed E-state index contributed by atoms with van der Waals surface area (Å²) in [6.45, 7) is 4.12. The lowest BCUT2D eigenvalue weighted by Gasteiger charge is -2.19. The van der Waals surface area contributed by atoms with Crippen molar-refractivity contribution >= 4 is 21.5 Å². The van der Waals surface area contributed by atoms with Crippen molar-refractivity contribution in [2.75, 3.05) is 0 Å². The van der Waals surface area contributed by atoms with Gasteiger partial charge in [-0.3, -0.25) is 0 Å². The number of fused-ring (bicyclic) bond motifs is 2. The summed E-state index contributed by atoms with van der Waals surface area (Å²) < 4.78 is 0. The first-order valence-electron chi connectivity index (χ1n) is 8.49. The minimum Gasteiger partial charge on any atom is -0.507 e. The van der Waals surface area contributed by atoms with Gasteiger partial charge in [0.15, 0.2) is 0 Å². The first kappa shape index (κ1) is 15.5. The second-order valence-corrected chi connectivity index (χ2v) is 6.62. The Morgan fingerprint density at radius 3 is 1.92 bits per heavy atom. The summed E-state index contributed by atoms with van der Waals surface area (Å²) in [5.74, 6) is 0.787. The van der Waals surface area contributed by atoms with Gasteiger partial charge in [0.05, 0.1) is 0 Å². The highest BCUT2D eigenvalue weighted by Gasteiger charge is 2.18. The van der Waals surface area contributed by atoms with E-state index in [0.717, 1.165) is 27.1 Å². The van der Waals surface area contributed by atoms with E-state index in [9.17, 15) is 10.2 Å². The third-order valence-electron chi connectivity index (χ3n) is 5.11. The van der Waals surface area contributed by atoms with Crippen LogP contribution < -0.4 is 0 Å². The van der Waals surface area contributed by atoms with Crippen LogP contribution in [0.25, 0.3) is 21.5 Å². The predicted molar refractivity (Wildman–Crippen MR) is 103 cm³/mol. The van der Waals surface area contributed by atoms with Gasteiger partial charge in [0, 0.05) is 16.7 Å². The van der Waals surface area contributed by atoms with Crippen LogP contribution in [0.5, 0.6) is 11.5 Å². The molecule has 4 aromatic carbocycles. The average molecular weight is 328 g/mol. The Bertz CT molecular complexity index is 1100. The van der Waals surface area contributed by atoms with E-state index >= 15 is 0 Å². The number of hydrogen-bond acceptors (Lipinski definition) is 2. The lowest BCUT2D eigenvalue weighted by atomic mass is 9.85. The van der Waals surface area contributed by atoms with Gasteiger partial charge in [0.2, 0.25) is 0 Å². The van der Waals surface area contributed by atoms with Crippen molar-refractivity contribution in [3.63, 3.8) is 0 Å². The van der Waals surface area contributed by atoms with Crippen molar-refractivity contribution in [2.24, 2.45) is 0 Å². The monoisotopic (exact) mass is 328 g/mol. The van der Waals surface area contributed by atoms with Gasteiger partial charge in [-0.05, 0) is 40.5 Å². The molecule has 0 aliphatic carbocycles. The van der Waals surface area contributed by atoms with Crippen molar-refractivity contribution in [3.8, 4) is 11.5 Å². The summed E-state index contributed by atoms with van der Waals surface area (Å²) in [4.78, 5) is 0. The van der Waals surface area contributed by atoms with Crippen LogP contribution in [0.15, 0.2) is 66.7 Å². The van der Waals surface area contributed by atoms with Crippen molar-refractivity contribution in [3.05, 3.63) is 83.4 Å². The fourth-order valence-corrected chi connectivity index (χ4v) is 3.74. The van der Waals surface area contributed by atoms with Gasteiger partial charge in [0.1, 0.15) is 11.5 Å². The molecule has 0 fully saturated rings. The molecule has 2 heteroatoms. The second kappa shape index (κ2) is 5.82. The molecule has 0 aliphatic rings. The Morgan fingerprint density at radius 1 is 0.680 bits per heavy atom. The molecule has 4 rings (SSSR count). The first-order valence-corrected chi connectivity index (χ1v) is 8.49. The van der Waals surface area contributed by atoms with Gasteiger partial charge in [-0.25, -0.2) is 0 Å². The number of phenolic OH excluding ortho intramolecular Hbond substituents is 2. The summed E-state index contributed by atoms with van der Waals surface area (Å²) in [5.41, 5.74) is 3.23. The van der Waals surface area contributed by atoms with E-state index in [-0.39, 0.29) is 5.92 Å². The largest absolute Gasteiger partial charge is 0.507 e. The van der Waals surface area contributed by atoms with Crippen molar-refractivity contribution in [2.45, 2.75) is 19.8 Å². The Hall–Kier alpha value is -3.00. The van der Waals surface area contributed by atoms with E-state index < -0.39 is 0 Å². The molecular formula is C23H20O2. The highest BCUT2D eigenvalue weighted by molar-refractivity contribution is 5.95. The number of aryl methyl sites for hydroxylation is 1. The van der Waals surface area contributed by atoms with Gasteiger partial charge in [-0.2, -0.15) is 0 Å². The molecule has 0 bridgehead atoms. The number of aromatic hydroxyl groups is 2. The second-order valence-electron chi connectivity index (χ2n) is 6.62. The molecule has 124 valence electrons. The van der Waals surface area contributed by atoms with E-state index in [2.05, 4.69) is 25.1 Å². The number of benzene rings is 4. The van der Waals surface area contributed by atoms with Crippen molar-refractivity contribution in [1.82, 2.24) is 0 Å². The molecule has 4 aromatic rings. The Morgan fingerprint density at radius 2 is 1.24 bits per heavy atom. The third kappa shape index (κ3) is 2.42. The van der Waals surface area contributed by atoms with Crippen LogP contribution in [0.1, 0.15) is 29.5 Å². The average Bonchev–Trinajstić information content (AvgIpc) is 2.65. The van der Waals surface area contributed by atoms with E-state index in [0.29, 0.717) is 11.5 Å². The highest BCUT2D eigenvalue weighted by atomic mass is 16.3.